The molecule has 2 heterocycles. The molecule has 1 saturated heterocycles. The highest BCUT2D eigenvalue weighted by molar-refractivity contribution is 5.38. The lowest BCUT2D eigenvalue weighted by Crippen LogP contribution is -2.53. The summed E-state index contributed by atoms with van der Waals surface area (Å²) in [7, 11) is 0. The van der Waals surface area contributed by atoms with Crippen LogP contribution in [0.5, 0.6) is 0 Å². The van der Waals surface area contributed by atoms with E-state index < -0.39 is 5.60 Å². The minimum atomic E-state index is -0.406. The van der Waals surface area contributed by atoms with Gasteiger partial charge in [0.2, 0.25) is 0 Å². The van der Waals surface area contributed by atoms with Gasteiger partial charge in [0.1, 0.15) is 11.6 Å². The van der Waals surface area contributed by atoms with Crippen molar-refractivity contribution in [2.24, 2.45) is 5.92 Å². The van der Waals surface area contributed by atoms with Crippen LogP contribution in [-0.4, -0.2) is 33.8 Å². The van der Waals surface area contributed by atoms with Crippen molar-refractivity contribution in [1.82, 2.24) is 9.97 Å². The number of anilines is 1. The van der Waals surface area contributed by atoms with Crippen molar-refractivity contribution in [2.75, 3.05) is 18.0 Å². The number of aromatic nitrogens is 2. The number of fused-ring (bicyclic) bond motifs is 1. The van der Waals surface area contributed by atoms with E-state index in [9.17, 15) is 5.11 Å². The first-order valence-electron chi connectivity index (χ1n) is 6.94. The van der Waals surface area contributed by atoms with E-state index >= 15 is 0 Å². The molecule has 1 N–H and O–H groups in total. The Morgan fingerprint density at radius 3 is 3.11 bits per heavy atom. The van der Waals surface area contributed by atoms with Crippen LogP contribution in [0.1, 0.15) is 37.9 Å². The quantitative estimate of drug-likeness (QED) is 0.823. The van der Waals surface area contributed by atoms with Gasteiger partial charge in [-0.1, -0.05) is 12.8 Å². The van der Waals surface area contributed by atoms with E-state index in [1.807, 2.05) is 19.2 Å². The van der Waals surface area contributed by atoms with Gasteiger partial charge in [-0.05, 0) is 32.3 Å². The molecule has 2 atom stereocenters. The molecule has 18 heavy (non-hydrogen) atoms. The average Bonchev–Trinajstić information content (AvgIpc) is 2.37. The number of aliphatic hydroxyl groups is 1. The molecule has 0 spiro atoms. The summed E-state index contributed by atoms with van der Waals surface area (Å²) in [4.78, 5) is 10.9. The highest BCUT2D eigenvalue weighted by Crippen LogP contribution is 2.40. The lowest BCUT2D eigenvalue weighted by atomic mass is 9.71. The normalized spacial score (nSPS) is 32.1. The van der Waals surface area contributed by atoms with Crippen LogP contribution >= 0.6 is 0 Å². The number of hydrogen-bond acceptors (Lipinski definition) is 4. The summed E-state index contributed by atoms with van der Waals surface area (Å²) >= 11 is 0. The second kappa shape index (κ2) is 4.50. The molecule has 2 unspecified atom stereocenters. The number of rotatable bonds is 1. The Bertz CT molecular complexity index is 437. The second-order valence-electron chi connectivity index (χ2n) is 5.70. The molecule has 1 aromatic heterocycles. The van der Waals surface area contributed by atoms with E-state index in [-0.39, 0.29) is 0 Å². The monoisotopic (exact) mass is 247 g/mol. The maximum absolute atomic E-state index is 10.7. The fourth-order valence-electron chi connectivity index (χ4n) is 3.40. The van der Waals surface area contributed by atoms with Crippen molar-refractivity contribution in [2.45, 2.75) is 44.6 Å². The van der Waals surface area contributed by atoms with Crippen LogP contribution < -0.4 is 4.90 Å². The fourth-order valence-corrected chi connectivity index (χ4v) is 3.40. The Balaban J connectivity index is 1.77. The molecule has 0 amide bonds. The van der Waals surface area contributed by atoms with Crippen molar-refractivity contribution in [1.29, 1.82) is 0 Å². The van der Waals surface area contributed by atoms with Gasteiger partial charge in [-0.25, -0.2) is 9.97 Å². The van der Waals surface area contributed by atoms with Crippen LogP contribution in [0.4, 0.5) is 5.82 Å². The van der Waals surface area contributed by atoms with Gasteiger partial charge >= 0.3 is 0 Å². The van der Waals surface area contributed by atoms with E-state index in [1.54, 1.807) is 0 Å². The van der Waals surface area contributed by atoms with Crippen molar-refractivity contribution >= 4 is 5.82 Å². The Kier molecular flexibility index (Phi) is 2.98. The van der Waals surface area contributed by atoms with Crippen LogP contribution in [0.3, 0.4) is 0 Å². The third kappa shape index (κ3) is 2.09. The van der Waals surface area contributed by atoms with Gasteiger partial charge in [0.25, 0.3) is 0 Å². The third-order valence-electron chi connectivity index (χ3n) is 4.51. The lowest BCUT2D eigenvalue weighted by Gasteiger charge is -2.47. The maximum Gasteiger partial charge on any atom is 0.132 e. The molecule has 0 bridgehead atoms. The predicted molar refractivity (Wildman–Crippen MR) is 70.5 cm³/mol. The van der Waals surface area contributed by atoms with E-state index in [0.29, 0.717) is 5.92 Å². The summed E-state index contributed by atoms with van der Waals surface area (Å²) in [6, 6.07) is 1.97. The van der Waals surface area contributed by atoms with E-state index in [2.05, 4.69) is 14.9 Å². The topological polar surface area (TPSA) is 49.2 Å². The molecule has 1 saturated carbocycles. The first-order valence-corrected chi connectivity index (χ1v) is 6.94. The van der Waals surface area contributed by atoms with Crippen LogP contribution in [0.2, 0.25) is 0 Å². The van der Waals surface area contributed by atoms with Crippen molar-refractivity contribution in [3.63, 3.8) is 0 Å². The van der Waals surface area contributed by atoms with Crippen LogP contribution in [0.25, 0.3) is 0 Å². The van der Waals surface area contributed by atoms with E-state index in [0.717, 1.165) is 44.0 Å². The van der Waals surface area contributed by atoms with Gasteiger partial charge < -0.3 is 10.0 Å². The summed E-state index contributed by atoms with van der Waals surface area (Å²) in [5.41, 5.74) is -0.406. The highest BCUT2D eigenvalue weighted by atomic mass is 16.3. The predicted octanol–water partition coefficient (Wildman–Crippen LogP) is 1.92. The molecule has 0 radical (unpaired) electrons. The average molecular weight is 247 g/mol. The number of nitrogens with zero attached hydrogens (tertiary/aromatic N) is 3. The minimum absolute atomic E-state index is 0.406. The summed E-state index contributed by atoms with van der Waals surface area (Å²) in [6.45, 7) is 3.76. The van der Waals surface area contributed by atoms with Gasteiger partial charge in [0.15, 0.2) is 0 Å². The largest absolute Gasteiger partial charge is 0.389 e. The molecule has 4 nitrogen and oxygen atoms in total. The third-order valence-corrected chi connectivity index (χ3v) is 4.51. The summed E-state index contributed by atoms with van der Waals surface area (Å²) < 4.78 is 0. The summed E-state index contributed by atoms with van der Waals surface area (Å²) in [6.07, 6.45) is 7.26. The number of aryl methyl sites for hydroxylation is 1. The summed E-state index contributed by atoms with van der Waals surface area (Å²) in [5.74, 6) is 2.24. The molecule has 1 aliphatic heterocycles. The second-order valence-corrected chi connectivity index (χ2v) is 5.70. The fraction of sp³-hybridized carbons (Fsp3) is 0.714. The van der Waals surface area contributed by atoms with Crippen molar-refractivity contribution in [3.8, 4) is 0 Å². The maximum atomic E-state index is 10.7. The van der Waals surface area contributed by atoms with Crippen LogP contribution in [0.15, 0.2) is 12.3 Å². The molecular weight excluding hydrogens is 226 g/mol. The van der Waals surface area contributed by atoms with Gasteiger partial charge in [-0.3, -0.25) is 0 Å². The first kappa shape index (κ1) is 11.9. The molecule has 1 aromatic rings. The molecule has 3 rings (SSSR count). The molecule has 98 valence electrons. The minimum Gasteiger partial charge on any atom is -0.389 e. The zero-order valence-corrected chi connectivity index (χ0v) is 11.0. The smallest absolute Gasteiger partial charge is 0.132 e. The van der Waals surface area contributed by atoms with Gasteiger partial charge in [-0.15, -0.1) is 0 Å². The lowest BCUT2D eigenvalue weighted by molar-refractivity contribution is -0.0613. The molecule has 4 heteroatoms. The molecule has 2 fully saturated rings. The first-order chi connectivity index (χ1) is 8.67. The van der Waals surface area contributed by atoms with Gasteiger partial charge in [0, 0.05) is 25.2 Å². The Labute approximate surface area is 108 Å². The van der Waals surface area contributed by atoms with Gasteiger partial charge in [0.05, 0.1) is 5.60 Å². The zero-order chi connectivity index (χ0) is 12.6. The SMILES string of the molecule is Cc1nccc(N2CCC3(O)CCCCC3C2)n1. The number of piperidine rings is 1. The van der Waals surface area contributed by atoms with E-state index in [1.165, 1.54) is 12.8 Å². The number of hydrogen-bond donors (Lipinski definition) is 1. The van der Waals surface area contributed by atoms with Crippen molar-refractivity contribution in [3.05, 3.63) is 18.1 Å². The standard InChI is InChI=1S/C14H21N3O/c1-11-15-8-5-13(16-11)17-9-7-14(18)6-3-2-4-12(14)10-17/h5,8,12,18H,2-4,6-7,9-10H2,1H3. The van der Waals surface area contributed by atoms with Gasteiger partial charge in [-0.2, -0.15) is 0 Å². The Morgan fingerprint density at radius 1 is 1.39 bits per heavy atom. The Hall–Kier alpha value is -1.16. The zero-order valence-electron chi connectivity index (χ0n) is 11.0. The van der Waals surface area contributed by atoms with E-state index in [4.69, 9.17) is 0 Å². The van der Waals surface area contributed by atoms with Crippen LogP contribution in [-0.2, 0) is 0 Å². The Morgan fingerprint density at radius 2 is 2.28 bits per heavy atom. The highest BCUT2D eigenvalue weighted by Gasteiger charge is 2.42. The van der Waals surface area contributed by atoms with Crippen molar-refractivity contribution < 1.29 is 5.11 Å². The molecule has 2 aliphatic rings. The van der Waals surface area contributed by atoms with Crippen LogP contribution in [0, 0.1) is 12.8 Å². The molecule has 1 aliphatic carbocycles. The molecular formula is C14H21N3O. The summed E-state index contributed by atoms with van der Waals surface area (Å²) in [5, 5.41) is 10.7. The molecule has 0 aromatic carbocycles.